The summed E-state index contributed by atoms with van der Waals surface area (Å²) in [5.41, 5.74) is 0.506. The van der Waals surface area contributed by atoms with Gasteiger partial charge in [-0.05, 0) is 18.4 Å². The lowest BCUT2D eigenvalue weighted by atomic mass is 10.1. The first kappa shape index (κ1) is 16.8. The molecule has 0 aliphatic heterocycles. The number of amides is 1. The second kappa shape index (κ2) is 8.10. The molecule has 1 atom stereocenters. The van der Waals surface area contributed by atoms with E-state index in [-0.39, 0.29) is 5.91 Å². The molecule has 0 radical (unpaired) electrons. The van der Waals surface area contributed by atoms with E-state index in [1.165, 1.54) is 6.20 Å². The highest BCUT2D eigenvalue weighted by atomic mass is 35.5. The Labute approximate surface area is 126 Å². The number of hydrogen-bond acceptors (Lipinski definition) is 3. The molecule has 0 aromatic carbocycles. The Morgan fingerprint density at radius 3 is 2.80 bits per heavy atom. The van der Waals surface area contributed by atoms with Gasteiger partial charge >= 0.3 is 0 Å². The first-order valence-corrected chi connectivity index (χ1v) is 7.52. The molecule has 1 heterocycles. The summed E-state index contributed by atoms with van der Waals surface area (Å²) in [5.74, 6) is 1.11. The Morgan fingerprint density at radius 1 is 1.50 bits per heavy atom. The van der Waals surface area contributed by atoms with Crippen LogP contribution in [-0.2, 0) is 0 Å². The van der Waals surface area contributed by atoms with Gasteiger partial charge in [0.15, 0.2) is 0 Å². The van der Waals surface area contributed by atoms with Gasteiger partial charge in [-0.15, -0.1) is 0 Å². The number of halogens is 1. The van der Waals surface area contributed by atoms with Crippen molar-refractivity contribution in [3.8, 4) is 0 Å². The van der Waals surface area contributed by atoms with Gasteiger partial charge in [-0.3, -0.25) is 4.79 Å². The molecular formula is C15H24ClN3O. The average Bonchev–Trinajstić information content (AvgIpc) is 2.45. The fourth-order valence-electron chi connectivity index (χ4n) is 1.84. The van der Waals surface area contributed by atoms with E-state index in [1.54, 1.807) is 11.0 Å². The Morgan fingerprint density at radius 2 is 2.20 bits per heavy atom. The average molecular weight is 298 g/mol. The van der Waals surface area contributed by atoms with Gasteiger partial charge in [-0.2, -0.15) is 0 Å². The third-order valence-corrected chi connectivity index (χ3v) is 3.57. The highest BCUT2D eigenvalue weighted by Crippen LogP contribution is 2.20. The summed E-state index contributed by atoms with van der Waals surface area (Å²) < 4.78 is 0. The van der Waals surface area contributed by atoms with Crippen LogP contribution in [0.5, 0.6) is 0 Å². The Kier molecular flexibility index (Phi) is 6.79. The molecule has 1 rings (SSSR count). The standard InChI is InChI=1S/C15H24ClN3O/c1-5-7-17-14-8-12(13(16)9-18-14)15(20)19(4)10-11(3)6-2/h8-9,11H,5-7,10H2,1-4H3,(H,17,18). The van der Waals surface area contributed by atoms with Crippen molar-refractivity contribution in [3.63, 3.8) is 0 Å². The van der Waals surface area contributed by atoms with Crippen LogP contribution in [0.2, 0.25) is 5.02 Å². The summed E-state index contributed by atoms with van der Waals surface area (Å²) >= 11 is 6.10. The number of hydrogen-bond donors (Lipinski definition) is 1. The van der Waals surface area contributed by atoms with Crippen molar-refractivity contribution in [2.75, 3.05) is 25.5 Å². The summed E-state index contributed by atoms with van der Waals surface area (Å²) in [7, 11) is 1.81. The van der Waals surface area contributed by atoms with Gasteiger partial charge in [0.2, 0.25) is 0 Å². The van der Waals surface area contributed by atoms with Gasteiger partial charge in [-0.25, -0.2) is 4.98 Å². The SMILES string of the molecule is CCCNc1cc(C(=O)N(C)CC(C)CC)c(Cl)cn1. The van der Waals surface area contributed by atoms with E-state index in [4.69, 9.17) is 11.6 Å². The summed E-state index contributed by atoms with van der Waals surface area (Å²) in [4.78, 5) is 18.3. The summed E-state index contributed by atoms with van der Waals surface area (Å²) in [5, 5.41) is 3.56. The van der Waals surface area contributed by atoms with Crippen LogP contribution < -0.4 is 5.32 Å². The van der Waals surface area contributed by atoms with Crippen molar-refractivity contribution in [2.24, 2.45) is 5.92 Å². The molecule has 20 heavy (non-hydrogen) atoms. The fraction of sp³-hybridized carbons (Fsp3) is 0.600. The number of rotatable bonds is 7. The number of carbonyl (C=O) groups excluding carboxylic acids is 1. The second-order valence-electron chi connectivity index (χ2n) is 5.18. The largest absolute Gasteiger partial charge is 0.370 e. The van der Waals surface area contributed by atoms with Crippen molar-refractivity contribution < 1.29 is 4.79 Å². The molecule has 4 nitrogen and oxygen atoms in total. The van der Waals surface area contributed by atoms with E-state index in [0.717, 1.165) is 25.9 Å². The Hall–Kier alpha value is -1.29. The molecule has 1 amide bonds. The van der Waals surface area contributed by atoms with E-state index in [0.29, 0.717) is 22.3 Å². The minimum absolute atomic E-state index is 0.0581. The maximum absolute atomic E-state index is 12.4. The molecule has 1 N–H and O–H groups in total. The van der Waals surface area contributed by atoms with Crippen molar-refractivity contribution in [1.29, 1.82) is 0 Å². The number of aromatic nitrogens is 1. The molecule has 112 valence electrons. The van der Waals surface area contributed by atoms with Crippen LogP contribution in [0.4, 0.5) is 5.82 Å². The molecule has 0 aliphatic rings. The quantitative estimate of drug-likeness (QED) is 0.835. The van der Waals surface area contributed by atoms with E-state index < -0.39 is 0 Å². The van der Waals surface area contributed by atoms with Gasteiger partial charge in [0.05, 0.1) is 10.6 Å². The lowest BCUT2D eigenvalue weighted by Gasteiger charge is -2.21. The number of nitrogens with one attached hydrogen (secondary N) is 1. The van der Waals surface area contributed by atoms with Gasteiger partial charge < -0.3 is 10.2 Å². The molecule has 0 fully saturated rings. The van der Waals surface area contributed by atoms with E-state index in [1.807, 2.05) is 7.05 Å². The topological polar surface area (TPSA) is 45.2 Å². The molecule has 1 unspecified atom stereocenters. The van der Waals surface area contributed by atoms with E-state index >= 15 is 0 Å². The predicted octanol–water partition coefficient (Wildman–Crippen LogP) is 3.68. The highest BCUT2D eigenvalue weighted by molar-refractivity contribution is 6.33. The smallest absolute Gasteiger partial charge is 0.255 e. The zero-order chi connectivity index (χ0) is 15.1. The van der Waals surface area contributed by atoms with Gasteiger partial charge in [-0.1, -0.05) is 38.8 Å². The van der Waals surface area contributed by atoms with Crippen molar-refractivity contribution in [1.82, 2.24) is 9.88 Å². The van der Waals surface area contributed by atoms with E-state index in [9.17, 15) is 4.79 Å². The lowest BCUT2D eigenvalue weighted by Crippen LogP contribution is -2.31. The zero-order valence-electron chi connectivity index (χ0n) is 12.7. The van der Waals surface area contributed by atoms with Crippen LogP contribution in [0, 0.1) is 5.92 Å². The molecule has 0 aliphatic carbocycles. The first-order valence-electron chi connectivity index (χ1n) is 7.14. The minimum atomic E-state index is -0.0581. The van der Waals surface area contributed by atoms with Gasteiger partial charge in [0, 0.05) is 26.3 Å². The van der Waals surface area contributed by atoms with Crippen molar-refractivity contribution in [2.45, 2.75) is 33.6 Å². The van der Waals surface area contributed by atoms with Crippen molar-refractivity contribution >= 4 is 23.3 Å². The van der Waals surface area contributed by atoms with Crippen molar-refractivity contribution in [3.05, 3.63) is 22.8 Å². The normalized spacial score (nSPS) is 12.1. The minimum Gasteiger partial charge on any atom is -0.370 e. The molecule has 0 spiro atoms. The molecule has 1 aromatic heterocycles. The predicted molar refractivity (Wildman–Crippen MR) is 84.4 cm³/mol. The number of carbonyl (C=O) groups is 1. The monoisotopic (exact) mass is 297 g/mol. The van der Waals surface area contributed by atoms with Crippen LogP contribution in [-0.4, -0.2) is 35.9 Å². The van der Waals surface area contributed by atoms with Crippen LogP contribution >= 0.6 is 11.6 Å². The summed E-state index contributed by atoms with van der Waals surface area (Å²) in [6.07, 6.45) is 3.58. The van der Waals surface area contributed by atoms with Crippen LogP contribution in [0.25, 0.3) is 0 Å². The maximum Gasteiger partial charge on any atom is 0.255 e. The molecular weight excluding hydrogens is 274 g/mol. The Balaban J connectivity index is 2.85. The maximum atomic E-state index is 12.4. The molecule has 0 bridgehead atoms. The van der Waals surface area contributed by atoms with Gasteiger partial charge in [0.25, 0.3) is 5.91 Å². The Bertz CT molecular complexity index is 451. The zero-order valence-corrected chi connectivity index (χ0v) is 13.5. The number of nitrogens with zero attached hydrogens (tertiary/aromatic N) is 2. The molecule has 5 heteroatoms. The molecule has 1 aromatic rings. The lowest BCUT2D eigenvalue weighted by molar-refractivity contribution is 0.0775. The number of anilines is 1. The second-order valence-corrected chi connectivity index (χ2v) is 5.58. The molecule has 0 saturated heterocycles. The third-order valence-electron chi connectivity index (χ3n) is 3.27. The third kappa shape index (κ3) is 4.67. The summed E-state index contributed by atoms with van der Waals surface area (Å²) in [6.45, 7) is 7.88. The van der Waals surface area contributed by atoms with Crippen LogP contribution in [0.3, 0.4) is 0 Å². The van der Waals surface area contributed by atoms with Gasteiger partial charge in [0.1, 0.15) is 5.82 Å². The van der Waals surface area contributed by atoms with Crippen LogP contribution in [0.15, 0.2) is 12.3 Å². The van der Waals surface area contributed by atoms with Crippen LogP contribution in [0.1, 0.15) is 44.0 Å². The highest BCUT2D eigenvalue weighted by Gasteiger charge is 2.17. The molecule has 0 saturated carbocycles. The first-order chi connectivity index (χ1) is 9.49. The summed E-state index contributed by atoms with van der Waals surface area (Å²) in [6, 6.07) is 1.73. The fourth-order valence-corrected chi connectivity index (χ4v) is 2.02. The number of pyridine rings is 1. The van der Waals surface area contributed by atoms with E-state index in [2.05, 4.69) is 31.1 Å².